The van der Waals surface area contributed by atoms with Gasteiger partial charge in [-0.15, -0.1) is 0 Å². The van der Waals surface area contributed by atoms with Crippen LogP contribution < -0.4 is 4.74 Å². The van der Waals surface area contributed by atoms with Crippen molar-refractivity contribution in [1.82, 2.24) is 0 Å². The number of hydrogen-bond donors (Lipinski definition) is 0. The maximum Gasteiger partial charge on any atom is 0.342 e. The van der Waals surface area contributed by atoms with E-state index in [1.54, 1.807) is 12.1 Å². The van der Waals surface area contributed by atoms with Crippen molar-refractivity contribution in [3.8, 4) is 5.75 Å². The number of carbonyl (C=O) groups is 3. The van der Waals surface area contributed by atoms with Crippen LogP contribution in [0.2, 0.25) is 0 Å². The van der Waals surface area contributed by atoms with Crippen LogP contribution in [-0.4, -0.2) is 31.1 Å². The zero-order valence-electron chi connectivity index (χ0n) is 23.3. The minimum Gasteiger partial charge on any atom is -0.462 e. The summed E-state index contributed by atoms with van der Waals surface area (Å²) in [7, 11) is 0. The molecule has 0 amide bonds. The van der Waals surface area contributed by atoms with Gasteiger partial charge in [0.25, 0.3) is 0 Å². The zero-order valence-corrected chi connectivity index (χ0v) is 23.3. The van der Waals surface area contributed by atoms with Crippen LogP contribution in [0, 0.1) is 0 Å². The molecule has 0 aliphatic carbocycles. The summed E-state index contributed by atoms with van der Waals surface area (Å²) in [6.45, 7) is 3.27. The molecule has 0 aromatic heterocycles. The number of rotatable bonds is 19. The van der Waals surface area contributed by atoms with E-state index < -0.39 is 11.9 Å². The highest BCUT2D eigenvalue weighted by Gasteiger charge is 2.15. The van der Waals surface area contributed by atoms with Gasteiger partial charge in [-0.1, -0.05) is 92.0 Å². The third-order valence-corrected chi connectivity index (χ3v) is 5.05. The van der Waals surface area contributed by atoms with Crippen molar-refractivity contribution in [3.05, 3.63) is 103 Å². The minimum absolute atomic E-state index is 0.0376. The maximum atomic E-state index is 12.2. The van der Waals surface area contributed by atoms with Crippen molar-refractivity contribution in [1.29, 1.82) is 0 Å². The van der Waals surface area contributed by atoms with E-state index in [2.05, 4.69) is 67.7 Å². The number of carbonyl (C=O) groups excluding carboxylic acids is 3. The summed E-state index contributed by atoms with van der Waals surface area (Å²) in [5.74, 6) is -1.41. The molecule has 0 N–H and O–H groups in total. The molecule has 0 bridgehead atoms. The van der Waals surface area contributed by atoms with Gasteiger partial charge >= 0.3 is 17.9 Å². The monoisotopic (exact) mass is 534 g/mol. The molecule has 0 atom stereocenters. The molecular weight excluding hydrogens is 492 g/mol. The Hall–Kier alpha value is -3.93. The van der Waals surface area contributed by atoms with Crippen molar-refractivity contribution < 1.29 is 28.6 Å². The largest absolute Gasteiger partial charge is 0.462 e. The van der Waals surface area contributed by atoms with Crippen LogP contribution in [0.5, 0.6) is 5.75 Å². The fourth-order valence-corrected chi connectivity index (χ4v) is 3.16. The summed E-state index contributed by atoms with van der Waals surface area (Å²) >= 11 is 0. The predicted octanol–water partition coefficient (Wildman–Crippen LogP) is 7.79. The molecule has 0 fully saturated rings. The smallest absolute Gasteiger partial charge is 0.342 e. The van der Waals surface area contributed by atoms with E-state index in [0.717, 1.165) is 38.5 Å². The van der Waals surface area contributed by atoms with Gasteiger partial charge in [-0.3, -0.25) is 9.59 Å². The Bertz CT molecular complexity index is 1030. The van der Waals surface area contributed by atoms with Crippen LogP contribution >= 0.6 is 0 Å². The maximum absolute atomic E-state index is 12.2. The molecular formula is C33H42O6. The molecule has 0 aliphatic rings. The van der Waals surface area contributed by atoms with Crippen LogP contribution in [0.25, 0.3) is 0 Å². The van der Waals surface area contributed by atoms with Crippen molar-refractivity contribution in [2.75, 3.05) is 13.2 Å². The third kappa shape index (κ3) is 18.9. The van der Waals surface area contributed by atoms with Crippen LogP contribution in [0.4, 0.5) is 0 Å². The second kappa shape index (κ2) is 23.2. The highest BCUT2D eigenvalue weighted by atomic mass is 16.6. The van der Waals surface area contributed by atoms with Gasteiger partial charge in [0, 0.05) is 13.3 Å². The van der Waals surface area contributed by atoms with E-state index in [9.17, 15) is 14.4 Å². The number of para-hydroxylation sites is 1. The lowest BCUT2D eigenvalue weighted by Crippen LogP contribution is -2.15. The van der Waals surface area contributed by atoms with Gasteiger partial charge in [0.05, 0.1) is 0 Å². The SMILES string of the molecule is CC/C=C\C/C=C\C/C=C\C/C=C\C/C=C\C/C=C\CCC(=O)OCCOC(=O)c1ccccc1OC(C)=O. The predicted molar refractivity (Wildman–Crippen MR) is 156 cm³/mol. The molecule has 1 aromatic carbocycles. The van der Waals surface area contributed by atoms with E-state index in [0.29, 0.717) is 6.42 Å². The first-order valence-corrected chi connectivity index (χ1v) is 13.5. The minimum atomic E-state index is -0.652. The van der Waals surface area contributed by atoms with Crippen molar-refractivity contribution in [2.24, 2.45) is 0 Å². The Balaban J connectivity index is 2.06. The molecule has 39 heavy (non-hydrogen) atoms. The Labute approximate surface area is 233 Å². The lowest BCUT2D eigenvalue weighted by atomic mass is 10.2. The van der Waals surface area contributed by atoms with Gasteiger partial charge in [0.2, 0.25) is 0 Å². The Kier molecular flexibility index (Phi) is 19.7. The number of benzene rings is 1. The van der Waals surface area contributed by atoms with Gasteiger partial charge in [0.15, 0.2) is 0 Å². The Morgan fingerprint density at radius 3 is 1.69 bits per heavy atom. The molecule has 210 valence electrons. The second-order valence-corrected chi connectivity index (χ2v) is 8.40. The first-order valence-electron chi connectivity index (χ1n) is 13.5. The van der Waals surface area contributed by atoms with Crippen molar-refractivity contribution in [2.45, 2.75) is 65.2 Å². The highest BCUT2D eigenvalue weighted by Crippen LogP contribution is 2.19. The molecule has 0 radical (unpaired) electrons. The summed E-state index contributed by atoms with van der Waals surface area (Å²) < 4.78 is 15.2. The molecule has 0 heterocycles. The summed E-state index contributed by atoms with van der Waals surface area (Å²) in [4.78, 5) is 35.2. The topological polar surface area (TPSA) is 78.9 Å². The van der Waals surface area contributed by atoms with E-state index in [4.69, 9.17) is 14.2 Å². The highest BCUT2D eigenvalue weighted by molar-refractivity contribution is 5.93. The van der Waals surface area contributed by atoms with Gasteiger partial charge in [-0.2, -0.15) is 0 Å². The fraction of sp³-hybridized carbons (Fsp3) is 0.364. The average molecular weight is 535 g/mol. The molecule has 1 rings (SSSR count). The summed E-state index contributed by atoms with van der Waals surface area (Å²) in [5.41, 5.74) is 0.136. The first kappa shape index (κ1) is 33.1. The molecule has 0 spiro atoms. The first-order chi connectivity index (χ1) is 19.0. The van der Waals surface area contributed by atoms with E-state index in [1.165, 1.54) is 19.1 Å². The molecule has 0 saturated carbocycles. The van der Waals surface area contributed by atoms with Crippen molar-refractivity contribution >= 4 is 17.9 Å². The quantitative estimate of drug-likeness (QED) is 0.0780. The van der Waals surface area contributed by atoms with E-state index in [1.807, 2.05) is 12.2 Å². The summed E-state index contributed by atoms with van der Waals surface area (Å²) in [6.07, 6.45) is 32.2. The molecule has 6 heteroatoms. The lowest BCUT2D eigenvalue weighted by Gasteiger charge is -2.09. The van der Waals surface area contributed by atoms with Gasteiger partial charge < -0.3 is 14.2 Å². The van der Waals surface area contributed by atoms with Gasteiger partial charge in [-0.05, 0) is 57.1 Å². The summed E-state index contributed by atoms with van der Waals surface area (Å²) in [5, 5.41) is 0. The number of hydrogen-bond acceptors (Lipinski definition) is 6. The second-order valence-electron chi connectivity index (χ2n) is 8.40. The molecule has 0 saturated heterocycles. The van der Waals surface area contributed by atoms with Crippen LogP contribution in [0.15, 0.2) is 97.2 Å². The number of ether oxygens (including phenoxy) is 3. The van der Waals surface area contributed by atoms with Gasteiger partial charge in [0.1, 0.15) is 24.5 Å². The molecule has 0 unspecified atom stereocenters. The normalized spacial score (nSPS) is 12.1. The molecule has 0 aliphatic heterocycles. The molecule has 6 nitrogen and oxygen atoms in total. The third-order valence-electron chi connectivity index (χ3n) is 5.05. The Morgan fingerprint density at radius 1 is 0.667 bits per heavy atom. The van der Waals surface area contributed by atoms with E-state index in [-0.39, 0.29) is 36.9 Å². The van der Waals surface area contributed by atoms with Crippen LogP contribution in [-0.2, 0) is 19.1 Å². The molecule has 1 aromatic rings. The van der Waals surface area contributed by atoms with Gasteiger partial charge in [-0.25, -0.2) is 4.79 Å². The number of esters is 3. The fourth-order valence-electron chi connectivity index (χ4n) is 3.16. The standard InChI is InChI=1S/C33H42O6/c1-3-4-5-6-7-8-9-10-11-12-13-14-15-16-17-18-19-20-21-26-32(35)37-27-28-38-33(36)30-24-22-23-25-31(30)39-29(2)34/h4-5,7-8,10-11,13-14,16-17,19-20,22-25H,3,6,9,12,15,18,21,26-28H2,1-2H3/b5-4-,8-7-,11-10-,14-13-,17-16-,20-19-. The van der Waals surface area contributed by atoms with Crippen LogP contribution in [0.1, 0.15) is 75.6 Å². The summed E-state index contributed by atoms with van der Waals surface area (Å²) in [6, 6.07) is 6.29. The van der Waals surface area contributed by atoms with E-state index >= 15 is 0 Å². The Morgan fingerprint density at radius 2 is 1.15 bits per heavy atom. The van der Waals surface area contributed by atoms with Crippen LogP contribution in [0.3, 0.4) is 0 Å². The number of allylic oxidation sites excluding steroid dienone is 12. The average Bonchev–Trinajstić information content (AvgIpc) is 2.92. The lowest BCUT2D eigenvalue weighted by molar-refractivity contribution is -0.144. The van der Waals surface area contributed by atoms with Crippen molar-refractivity contribution in [3.63, 3.8) is 0 Å². The zero-order chi connectivity index (χ0) is 28.4.